The molecule has 1 N–H and O–H groups in total. The van der Waals surface area contributed by atoms with E-state index in [1.54, 1.807) is 0 Å². The molecular formula is C15H24F9NO2. The number of aliphatic hydroxyl groups excluding tert-OH is 1. The van der Waals surface area contributed by atoms with Gasteiger partial charge in [-0.2, -0.15) is 39.5 Å². The molecule has 0 bridgehead atoms. The predicted molar refractivity (Wildman–Crippen MR) is 79.1 cm³/mol. The SMILES string of the molecule is CC.COC(C(F)(F)F)(C(F)(F)F)C(F)(F)F.OCC12CCCN1CCC2. The van der Waals surface area contributed by atoms with Crippen LogP contribution in [0.4, 0.5) is 39.5 Å². The number of ether oxygens (including phenoxy) is 1. The van der Waals surface area contributed by atoms with Crippen molar-refractivity contribution in [3.63, 3.8) is 0 Å². The molecule has 27 heavy (non-hydrogen) atoms. The lowest BCUT2D eigenvalue weighted by Gasteiger charge is -2.36. The fraction of sp³-hybridized carbons (Fsp3) is 1.00. The molecule has 0 amide bonds. The minimum absolute atomic E-state index is 0.236. The van der Waals surface area contributed by atoms with Gasteiger partial charge in [-0.3, -0.25) is 4.90 Å². The zero-order valence-corrected chi connectivity index (χ0v) is 15.2. The van der Waals surface area contributed by atoms with E-state index in [0.717, 1.165) is 0 Å². The van der Waals surface area contributed by atoms with Crippen LogP contribution in [-0.2, 0) is 4.74 Å². The van der Waals surface area contributed by atoms with Gasteiger partial charge in [-0.25, -0.2) is 0 Å². The maximum atomic E-state index is 11.8. The summed E-state index contributed by atoms with van der Waals surface area (Å²) in [6.45, 7) is 6.83. The van der Waals surface area contributed by atoms with Crippen LogP contribution in [0.1, 0.15) is 39.5 Å². The molecule has 164 valence electrons. The molecule has 0 atom stereocenters. The van der Waals surface area contributed by atoms with Gasteiger partial charge >= 0.3 is 24.1 Å². The third-order valence-electron chi connectivity index (χ3n) is 4.61. The van der Waals surface area contributed by atoms with Crippen LogP contribution in [0.3, 0.4) is 0 Å². The van der Waals surface area contributed by atoms with Gasteiger partial charge in [0.1, 0.15) is 0 Å². The molecule has 2 aliphatic rings. The quantitative estimate of drug-likeness (QED) is 0.657. The van der Waals surface area contributed by atoms with Crippen molar-refractivity contribution >= 4 is 0 Å². The monoisotopic (exact) mass is 421 g/mol. The summed E-state index contributed by atoms with van der Waals surface area (Å²) in [4.78, 5) is 2.47. The molecule has 0 aromatic rings. The lowest BCUT2D eigenvalue weighted by Crippen LogP contribution is -2.67. The Kier molecular flexibility index (Phi) is 8.91. The first-order chi connectivity index (χ1) is 12.2. The van der Waals surface area contributed by atoms with Crippen molar-refractivity contribution in [2.24, 2.45) is 0 Å². The van der Waals surface area contributed by atoms with E-state index in [4.69, 9.17) is 0 Å². The summed E-state index contributed by atoms with van der Waals surface area (Å²) in [7, 11) is -0.311. The molecule has 0 spiro atoms. The van der Waals surface area contributed by atoms with E-state index < -0.39 is 24.1 Å². The molecule has 0 aromatic heterocycles. The predicted octanol–water partition coefficient (Wildman–Crippen LogP) is 4.69. The van der Waals surface area contributed by atoms with E-state index in [0.29, 0.717) is 6.61 Å². The van der Waals surface area contributed by atoms with E-state index in [1.807, 2.05) is 13.8 Å². The summed E-state index contributed by atoms with van der Waals surface area (Å²) in [6.07, 6.45) is -14.9. The van der Waals surface area contributed by atoms with Gasteiger partial charge in [0.15, 0.2) is 0 Å². The molecule has 0 saturated carbocycles. The van der Waals surface area contributed by atoms with Crippen LogP contribution in [0.25, 0.3) is 0 Å². The van der Waals surface area contributed by atoms with Crippen LogP contribution in [0, 0.1) is 0 Å². The van der Waals surface area contributed by atoms with Crippen LogP contribution >= 0.6 is 0 Å². The van der Waals surface area contributed by atoms with E-state index in [9.17, 15) is 44.6 Å². The number of halogens is 9. The third-order valence-corrected chi connectivity index (χ3v) is 4.61. The van der Waals surface area contributed by atoms with Crippen LogP contribution in [0.2, 0.25) is 0 Å². The lowest BCUT2D eigenvalue weighted by atomic mass is 9.96. The van der Waals surface area contributed by atoms with Crippen molar-refractivity contribution in [2.45, 2.75) is 69.2 Å². The molecule has 2 saturated heterocycles. The van der Waals surface area contributed by atoms with Gasteiger partial charge in [-0.1, -0.05) is 13.8 Å². The molecule has 0 unspecified atom stereocenters. The van der Waals surface area contributed by atoms with Gasteiger partial charge in [-0.05, 0) is 38.8 Å². The van der Waals surface area contributed by atoms with Gasteiger partial charge in [0.2, 0.25) is 0 Å². The fourth-order valence-corrected chi connectivity index (χ4v) is 3.31. The van der Waals surface area contributed by atoms with Crippen molar-refractivity contribution in [1.82, 2.24) is 4.90 Å². The summed E-state index contributed by atoms with van der Waals surface area (Å²) < 4.78 is 109. The van der Waals surface area contributed by atoms with Crippen molar-refractivity contribution in [2.75, 3.05) is 26.8 Å². The molecule has 12 heteroatoms. The minimum atomic E-state index is -6.64. The van der Waals surface area contributed by atoms with Crippen LogP contribution < -0.4 is 0 Å². The Hall–Kier alpha value is -0.750. The average molecular weight is 421 g/mol. The minimum Gasteiger partial charge on any atom is -0.394 e. The van der Waals surface area contributed by atoms with E-state index in [2.05, 4.69) is 9.64 Å². The summed E-state index contributed by atoms with van der Waals surface area (Å²) in [6, 6.07) is 0. The standard InChI is InChI=1S/C8H15NO.C5H3F9O.C2H6/c10-7-8-3-1-5-9(8)6-2-4-8;1-15-2(3(6,7)8,4(9,10)11)5(12,13)14;1-2/h10H,1-7H2;1H3;1-2H3. The Bertz CT molecular complexity index is 400. The van der Waals surface area contributed by atoms with Crippen molar-refractivity contribution < 1.29 is 49.4 Å². The van der Waals surface area contributed by atoms with Crippen molar-refractivity contribution in [3.8, 4) is 0 Å². The van der Waals surface area contributed by atoms with Crippen LogP contribution in [-0.4, -0.2) is 66.5 Å². The smallest absolute Gasteiger partial charge is 0.394 e. The molecule has 2 fully saturated rings. The maximum Gasteiger partial charge on any atom is 0.435 e. The molecule has 2 heterocycles. The summed E-state index contributed by atoms with van der Waals surface area (Å²) in [5, 5.41) is 9.19. The number of fused-ring (bicyclic) bond motifs is 1. The summed E-state index contributed by atoms with van der Waals surface area (Å²) in [5.74, 6) is 0. The zero-order valence-electron chi connectivity index (χ0n) is 15.2. The highest BCUT2D eigenvalue weighted by Gasteiger charge is 2.85. The molecule has 2 rings (SSSR count). The highest BCUT2D eigenvalue weighted by atomic mass is 19.4. The molecule has 0 aromatic carbocycles. The average Bonchev–Trinajstić information content (AvgIpc) is 3.06. The fourth-order valence-electron chi connectivity index (χ4n) is 3.31. The number of aliphatic hydroxyl groups is 1. The van der Waals surface area contributed by atoms with Gasteiger partial charge in [0.05, 0.1) is 6.61 Å². The molecular weight excluding hydrogens is 397 g/mol. The lowest BCUT2D eigenvalue weighted by molar-refractivity contribution is -0.452. The number of methoxy groups -OCH3 is 1. The van der Waals surface area contributed by atoms with E-state index >= 15 is 0 Å². The second-order valence-corrected chi connectivity index (χ2v) is 5.96. The zero-order chi connectivity index (χ0) is 21.7. The van der Waals surface area contributed by atoms with Crippen molar-refractivity contribution in [3.05, 3.63) is 0 Å². The Morgan fingerprint density at radius 2 is 1.15 bits per heavy atom. The number of alkyl halides is 9. The maximum absolute atomic E-state index is 11.8. The molecule has 3 nitrogen and oxygen atoms in total. The summed E-state index contributed by atoms with van der Waals surface area (Å²) >= 11 is 0. The Morgan fingerprint density at radius 1 is 0.815 bits per heavy atom. The third kappa shape index (κ3) is 5.00. The number of hydrogen-bond donors (Lipinski definition) is 1. The first kappa shape index (κ1) is 26.2. The van der Waals surface area contributed by atoms with Crippen LogP contribution in [0.15, 0.2) is 0 Å². The first-order valence-electron chi connectivity index (χ1n) is 8.30. The van der Waals surface area contributed by atoms with Gasteiger partial charge < -0.3 is 9.84 Å². The van der Waals surface area contributed by atoms with E-state index in [-0.39, 0.29) is 12.6 Å². The largest absolute Gasteiger partial charge is 0.435 e. The van der Waals surface area contributed by atoms with E-state index in [1.165, 1.54) is 38.8 Å². The Morgan fingerprint density at radius 3 is 1.30 bits per heavy atom. The van der Waals surface area contributed by atoms with Gasteiger partial charge in [-0.15, -0.1) is 0 Å². The number of rotatable bonds is 2. The highest BCUT2D eigenvalue weighted by molar-refractivity contribution is 5.02. The second kappa shape index (κ2) is 9.17. The second-order valence-electron chi connectivity index (χ2n) is 5.96. The first-order valence-corrected chi connectivity index (χ1v) is 8.30. The number of hydrogen-bond acceptors (Lipinski definition) is 3. The van der Waals surface area contributed by atoms with Gasteiger partial charge in [0, 0.05) is 12.6 Å². The number of nitrogens with zero attached hydrogens (tertiary/aromatic N) is 1. The van der Waals surface area contributed by atoms with Crippen LogP contribution in [0.5, 0.6) is 0 Å². The molecule has 0 aliphatic carbocycles. The Labute approximate surface area is 151 Å². The van der Waals surface area contributed by atoms with Crippen molar-refractivity contribution in [1.29, 1.82) is 0 Å². The molecule has 0 radical (unpaired) electrons. The normalized spacial score (nSPS) is 20.3. The summed E-state index contributed by atoms with van der Waals surface area (Å²) in [5.41, 5.74) is -5.91. The Balaban J connectivity index is 0.000000482. The molecule has 2 aliphatic heterocycles. The highest BCUT2D eigenvalue weighted by Crippen LogP contribution is 2.54. The van der Waals surface area contributed by atoms with Gasteiger partial charge in [0.25, 0.3) is 0 Å². The topological polar surface area (TPSA) is 32.7 Å².